The van der Waals surface area contributed by atoms with Crippen molar-refractivity contribution in [2.24, 2.45) is 11.3 Å². The van der Waals surface area contributed by atoms with E-state index < -0.39 is 18.1 Å². The molecule has 2 N–H and O–H groups in total. The molecule has 39 heavy (non-hydrogen) atoms. The van der Waals surface area contributed by atoms with E-state index in [-0.39, 0.29) is 34.4 Å². The molecule has 204 valence electrons. The third-order valence-corrected chi connectivity index (χ3v) is 8.52. The number of alkyl halides is 2. The van der Waals surface area contributed by atoms with E-state index in [1.54, 1.807) is 24.4 Å². The van der Waals surface area contributed by atoms with Crippen molar-refractivity contribution in [1.82, 2.24) is 20.2 Å². The van der Waals surface area contributed by atoms with Crippen LogP contribution in [0, 0.1) is 18.3 Å². The minimum Gasteiger partial charge on any atom is -0.453 e. The number of likely N-dealkylation sites (tertiary alicyclic amines) is 1. The van der Waals surface area contributed by atoms with Gasteiger partial charge in [0.1, 0.15) is 11.9 Å². The summed E-state index contributed by atoms with van der Waals surface area (Å²) in [6, 6.07) is 9.26. The number of fused-ring (bicyclic) bond motifs is 3. The molecule has 1 saturated heterocycles. The highest BCUT2D eigenvalue weighted by Crippen LogP contribution is 2.58. The second kappa shape index (κ2) is 8.89. The van der Waals surface area contributed by atoms with Crippen molar-refractivity contribution in [1.29, 1.82) is 0 Å². The van der Waals surface area contributed by atoms with Gasteiger partial charge in [-0.15, -0.1) is 0 Å². The zero-order valence-electron chi connectivity index (χ0n) is 22.5. The van der Waals surface area contributed by atoms with Crippen LogP contribution >= 0.6 is 0 Å². The number of hydrogen-bond donors (Lipinski definition) is 2. The quantitative estimate of drug-likeness (QED) is 0.424. The third kappa shape index (κ3) is 4.19. The fourth-order valence-electron chi connectivity index (χ4n) is 6.11. The number of aryl methyl sites for hydroxylation is 1. The number of nitrogens with zero attached hydrogens (tertiary/aromatic N) is 2. The van der Waals surface area contributed by atoms with Crippen LogP contribution in [0.2, 0.25) is 0 Å². The number of carbonyl (C=O) groups excluding carboxylic acids is 2. The Morgan fingerprint density at radius 2 is 1.82 bits per heavy atom. The van der Waals surface area contributed by atoms with Crippen molar-refractivity contribution in [3.63, 3.8) is 0 Å². The molecule has 0 radical (unpaired) electrons. The normalized spacial score (nSPS) is 20.6. The summed E-state index contributed by atoms with van der Waals surface area (Å²) in [6.45, 7) is 6.17. The van der Waals surface area contributed by atoms with Crippen molar-refractivity contribution in [2.45, 2.75) is 58.0 Å². The Labute approximate surface area is 226 Å². The van der Waals surface area contributed by atoms with Crippen LogP contribution in [-0.2, 0) is 15.5 Å². The number of amides is 2. The van der Waals surface area contributed by atoms with Crippen LogP contribution in [-0.4, -0.2) is 46.6 Å². The van der Waals surface area contributed by atoms with Gasteiger partial charge in [0.15, 0.2) is 0 Å². The molecular formula is C30H32F2N4O3. The number of carbonyl (C=O) groups is 2. The van der Waals surface area contributed by atoms with Crippen molar-refractivity contribution >= 4 is 12.0 Å². The lowest BCUT2D eigenvalue weighted by Gasteiger charge is -2.30. The van der Waals surface area contributed by atoms with E-state index in [4.69, 9.17) is 4.74 Å². The Hall–Kier alpha value is -3.75. The van der Waals surface area contributed by atoms with Gasteiger partial charge >= 0.3 is 6.09 Å². The number of aromatic nitrogens is 2. The molecule has 3 aliphatic rings. The largest absolute Gasteiger partial charge is 0.453 e. The molecular weight excluding hydrogens is 502 g/mol. The first kappa shape index (κ1) is 25.5. The summed E-state index contributed by atoms with van der Waals surface area (Å²) < 4.78 is 35.6. The number of methoxy groups -OCH3 is 1. The Kier molecular flexibility index (Phi) is 5.82. The van der Waals surface area contributed by atoms with Crippen LogP contribution in [0.4, 0.5) is 13.6 Å². The van der Waals surface area contributed by atoms with Gasteiger partial charge in [0.2, 0.25) is 5.91 Å². The maximum Gasteiger partial charge on any atom is 0.407 e. The lowest BCUT2D eigenvalue weighted by Crippen LogP contribution is -2.51. The number of ether oxygens (including phenoxy) is 1. The summed E-state index contributed by atoms with van der Waals surface area (Å²) in [7, 11) is 1.27. The summed E-state index contributed by atoms with van der Waals surface area (Å²) in [5.41, 5.74) is 3.22. The van der Waals surface area contributed by atoms with E-state index in [0.717, 1.165) is 24.8 Å². The van der Waals surface area contributed by atoms with Crippen LogP contribution in [0.1, 0.15) is 61.7 Å². The second-order valence-corrected chi connectivity index (χ2v) is 11.6. The Balaban J connectivity index is 1.30. The van der Waals surface area contributed by atoms with Gasteiger partial charge in [-0.05, 0) is 60.8 Å². The highest BCUT2D eigenvalue weighted by Gasteiger charge is 2.55. The van der Waals surface area contributed by atoms with Crippen molar-refractivity contribution in [3.8, 4) is 22.4 Å². The van der Waals surface area contributed by atoms with E-state index in [9.17, 15) is 9.59 Å². The summed E-state index contributed by atoms with van der Waals surface area (Å²) in [5.74, 6) is -2.77. The number of nitrogens with one attached hydrogen (secondary N) is 2. The van der Waals surface area contributed by atoms with E-state index in [1.165, 1.54) is 13.2 Å². The standard InChI is InChI=1S/C30H32F2N4O3/c1-16(2)25(35-28(38)39-4)27(37)36-15-29(9-10-29)13-24(36)26-33-14-23(34-26)18-6-8-20-19-7-5-17(3)11-21(19)30(31,32)22(20)12-18/h5-8,11-12,14,16,24-25H,9-10,13,15H2,1-4H3,(H,33,34)(H,35,38). The van der Waals surface area contributed by atoms with Gasteiger partial charge in [-0.2, -0.15) is 8.78 Å². The molecule has 2 heterocycles. The first-order valence-electron chi connectivity index (χ1n) is 13.4. The number of rotatable bonds is 5. The molecule has 9 heteroatoms. The van der Waals surface area contributed by atoms with Gasteiger partial charge < -0.3 is 19.9 Å². The fourth-order valence-corrected chi connectivity index (χ4v) is 6.11. The highest BCUT2D eigenvalue weighted by atomic mass is 19.3. The zero-order chi connectivity index (χ0) is 27.7. The van der Waals surface area contributed by atoms with E-state index in [0.29, 0.717) is 34.8 Å². The van der Waals surface area contributed by atoms with Crippen LogP contribution < -0.4 is 5.32 Å². The average molecular weight is 535 g/mol. The molecule has 1 spiro atoms. The molecule has 2 atom stereocenters. The number of halogens is 2. The molecule has 2 fully saturated rings. The molecule has 1 aromatic heterocycles. The zero-order valence-corrected chi connectivity index (χ0v) is 22.5. The van der Waals surface area contributed by atoms with Crippen LogP contribution in [0.3, 0.4) is 0 Å². The molecule has 2 unspecified atom stereocenters. The molecule has 2 amide bonds. The molecule has 3 aromatic rings. The molecule has 2 aliphatic carbocycles. The van der Waals surface area contributed by atoms with Crippen LogP contribution in [0.25, 0.3) is 22.4 Å². The molecule has 1 aliphatic heterocycles. The summed E-state index contributed by atoms with van der Waals surface area (Å²) in [6.07, 6.45) is 3.85. The Bertz CT molecular complexity index is 1480. The predicted octanol–water partition coefficient (Wildman–Crippen LogP) is 5.94. The average Bonchev–Trinajstić information content (AvgIpc) is 3.23. The van der Waals surface area contributed by atoms with Gasteiger partial charge in [-0.1, -0.05) is 43.7 Å². The number of benzene rings is 2. The Morgan fingerprint density at radius 1 is 1.13 bits per heavy atom. The molecule has 1 saturated carbocycles. The SMILES string of the molecule is COC(=O)NC(C(=O)N1CC2(CC2)CC1c1ncc(-c2ccc3c(c2)C(F)(F)c2cc(C)ccc2-3)[nH]1)C(C)C. The van der Waals surface area contributed by atoms with Gasteiger partial charge in [-0.25, -0.2) is 9.78 Å². The maximum atomic E-state index is 15.4. The number of aromatic amines is 1. The fraction of sp³-hybridized carbons (Fsp3) is 0.433. The monoisotopic (exact) mass is 534 g/mol. The van der Waals surface area contributed by atoms with Crippen LogP contribution in [0.15, 0.2) is 42.6 Å². The van der Waals surface area contributed by atoms with E-state index in [2.05, 4.69) is 15.3 Å². The number of alkyl carbamates (subject to hydrolysis) is 1. The van der Waals surface area contributed by atoms with Gasteiger partial charge in [0.05, 0.1) is 25.0 Å². The number of H-pyrrole nitrogens is 1. The van der Waals surface area contributed by atoms with Gasteiger partial charge in [0, 0.05) is 23.2 Å². The van der Waals surface area contributed by atoms with Gasteiger partial charge in [0.25, 0.3) is 5.92 Å². The van der Waals surface area contributed by atoms with Crippen molar-refractivity contribution < 1.29 is 23.1 Å². The smallest absolute Gasteiger partial charge is 0.407 e. The minimum atomic E-state index is -3.08. The van der Waals surface area contributed by atoms with E-state index in [1.807, 2.05) is 37.8 Å². The first-order chi connectivity index (χ1) is 18.5. The minimum absolute atomic E-state index is 0.0139. The summed E-state index contributed by atoms with van der Waals surface area (Å²) in [4.78, 5) is 35.4. The van der Waals surface area contributed by atoms with Crippen molar-refractivity contribution in [2.75, 3.05) is 13.7 Å². The van der Waals surface area contributed by atoms with Gasteiger partial charge in [-0.3, -0.25) is 4.79 Å². The molecule has 7 nitrogen and oxygen atoms in total. The lowest BCUT2D eigenvalue weighted by atomic mass is 10.0. The highest BCUT2D eigenvalue weighted by molar-refractivity contribution is 5.87. The molecule has 6 rings (SSSR count). The van der Waals surface area contributed by atoms with E-state index >= 15 is 8.78 Å². The molecule has 0 bridgehead atoms. The second-order valence-electron chi connectivity index (χ2n) is 11.6. The number of hydrogen-bond acceptors (Lipinski definition) is 4. The topological polar surface area (TPSA) is 87.3 Å². The first-order valence-corrected chi connectivity index (χ1v) is 13.4. The summed E-state index contributed by atoms with van der Waals surface area (Å²) in [5, 5.41) is 2.68. The number of imidazole rings is 1. The maximum absolute atomic E-state index is 15.4. The molecule has 2 aromatic carbocycles. The third-order valence-electron chi connectivity index (χ3n) is 8.52. The predicted molar refractivity (Wildman–Crippen MR) is 142 cm³/mol. The summed E-state index contributed by atoms with van der Waals surface area (Å²) >= 11 is 0. The lowest BCUT2D eigenvalue weighted by molar-refractivity contribution is -0.135. The Morgan fingerprint density at radius 3 is 2.49 bits per heavy atom. The van der Waals surface area contributed by atoms with Crippen molar-refractivity contribution in [3.05, 3.63) is 65.1 Å². The van der Waals surface area contributed by atoms with Crippen LogP contribution in [0.5, 0.6) is 0 Å².